The van der Waals surface area contributed by atoms with Gasteiger partial charge < -0.3 is 16.2 Å². The molecule has 0 bridgehead atoms. The zero-order valence-electron chi connectivity index (χ0n) is 8.92. The van der Waals surface area contributed by atoms with E-state index in [9.17, 15) is 0 Å². The molecule has 0 radical (unpaired) electrons. The molecule has 0 aromatic heterocycles. The molecule has 0 aromatic carbocycles. The number of hydrogen-bond donors (Lipinski definition) is 3. The zero-order chi connectivity index (χ0) is 10.1. The molecule has 3 heteroatoms. The summed E-state index contributed by atoms with van der Waals surface area (Å²) in [7, 11) is 0. The lowest BCUT2D eigenvalue weighted by atomic mass is 9.99. The number of aliphatic hydroxyl groups excluding tert-OH is 1. The lowest BCUT2D eigenvalue weighted by molar-refractivity contribution is 0.283. The zero-order valence-corrected chi connectivity index (χ0v) is 8.92. The Morgan fingerprint density at radius 3 is 2.69 bits per heavy atom. The molecule has 0 aliphatic carbocycles. The highest BCUT2D eigenvalue weighted by Gasteiger charge is 2.10. The van der Waals surface area contributed by atoms with Crippen molar-refractivity contribution in [3.8, 4) is 0 Å². The van der Waals surface area contributed by atoms with Crippen molar-refractivity contribution in [2.75, 3.05) is 19.7 Å². The second-order valence-corrected chi connectivity index (χ2v) is 3.71. The first-order valence-electron chi connectivity index (χ1n) is 5.29. The number of nitrogens with one attached hydrogen (secondary N) is 1. The van der Waals surface area contributed by atoms with Gasteiger partial charge in [-0.05, 0) is 31.8 Å². The lowest BCUT2D eigenvalue weighted by Gasteiger charge is -2.19. The van der Waals surface area contributed by atoms with Crippen molar-refractivity contribution < 1.29 is 5.11 Å². The SMILES string of the molecule is CCCC(N)C(C)CNCCCO. The molecule has 0 aliphatic heterocycles. The Morgan fingerprint density at radius 2 is 2.15 bits per heavy atom. The van der Waals surface area contributed by atoms with Crippen molar-refractivity contribution in [3.05, 3.63) is 0 Å². The Morgan fingerprint density at radius 1 is 1.46 bits per heavy atom. The molecular formula is C10H24N2O. The molecule has 0 aromatic rings. The molecule has 2 atom stereocenters. The van der Waals surface area contributed by atoms with Crippen LogP contribution in [0, 0.1) is 5.92 Å². The molecular weight excluding hydrogens is 164 g/mol. The average molecular weight is 188 g/mol. The first-order chi connectivity index (χ1) is 6.22. The summed E-state index contributed by atoms with van der Waals surface area (Å²) < 4.78 is 0. The lowest BCUT2D eigenvalue weighted by Crippen LogP contribution is -2.35. The fourth-order valence-corrected chi connectivity index (χ4v) is 1.30. The van der Waals surface area contributed by atoms with Gasteiger partial charge in [0.25, 0.3) is 0 Å². The van der Waals surface area contributed by atoms with Crippen molar-refractivity contribution in [3.63, 3.8) is 0 Å². The van der Waals surface area contributed by atoms with E-state index in [1.807, 2.05) is 0 Å². The maximum absolute atomic E-state index is 8.56. The Kier molecular flexibility index (Phi) is 8.40. The topological polar surface area (TPSA) is 58.3 Å². The van der Waals surface area contributed by atoms with Crippen LogP contribution < -0.4 is 11.1 Å². The normalized spacial score (nSPS) is 15.7. The van der Waals surface area contributed by atoms with Crippen molar-refractivity contribution in [1.82, 2.24) is 5.32 Å². The third-order valence-corrected chi connectivity index (χ3v) is 2.33. The molecule has 2 unspecified atom stereocenters. The van der Waals surface area contributed by atoms with Gasteiger partial charge in [-0.25, -0.2) is 0 Å². The number of nitrogens with two attached hydrogens (primary N) is 1. The van der Waals surface area contributed by atoms with Gasteiger partial charge in [0.15, 0.2) is 0 Å². The van der Waals surface area contributed by atoms with Crippen LogP contribution >= 0.6 is 0 Å². The van der Waals surface area contributed by atoms with Gasteiger partial charge in [-0.2, -0.15) is 0 Å². The molecule has 0 saturated heterocycles. The van der Waals surface area contributed by atoms with E-state index in [0.29, 0.717) is 12.0 Å². The largest absolute Gasteiger partial charge is 0.396 e. The van der Waals surface area contributed by atoms with E-state index in [4.69, 9.17) is 10.8 Å². The van der Waals surface area contributed by atoms with E-state index in [1.54, 1.807) is 0 Å². The molecule has 0 fully saturated rings. The van der Waals surface area contributed by atoms with Gasteiger partial charge in [-0.15, -0.1) is 0 Å². The highest BCUT2D eigenvalue weighted by molar-refractivity contribution is 4.70. The van der Waals surface area contributed by atoms with Crippen LogP contribution in [-0.4, -0.2) is 30.8 Å². The summed E-state index contributed by atoms with van der Waals surface area (Å²) in [5.41, 5.74) is 5.95. The summed E-state index contributed by atoms with van der Waals surface area (Å²) >= 11 is 0. The highest BCUT2D eigenvalue weighted by Crippen LogP contribution is 2.05. The Bertz CT molecular complexity index is 109. The van der Waals surface area contributed by atoms with Crippen LogP contribution in [0.15, 0.2) is 0 Å². The number of aliphatic hydroxyl groups is 1. The van der Waals surface area contributed by atoms with Gasteiger partial charge in [0, 0.05) is 12.6 Å². The Hall–Kier alpha value is -0.120. The minimum absolute atomic E-state index is 0.266. The van der Waals surface area contributed by atoms with Gasteiger partial charge in [-0.3, -0.25) is 0 Å². The van der Waals surface area contributed by atoms with Gasteiger partial charge in [0.05, 0.1) is 0 Å². The van der Waals surface area contributed by atoms with E-state index < -0.39 is 0 Å². The summed E-state index contributed by atoms with van der Waals surface area (Å²) in [6.45, 7) is 6.45. The summed E-state index contributed by atoms with van der Waals surface area (Å²) in [4.78, 5) is 0. The minimum atomic E-state index is 0.266. The first kappa shape index (κ1) is 12.9. The van der Waals surface area contributed by atoms with E-state index in [1.165, 1.54) is 0 Å². The van der Waals surface area contributed by atoms with E-state index >= 15 is 0 Å². The predicted octanol–water partition coefficient (Wildman–Crippen LogP) is 0.722. The van der Waals surface area contributed by atoms with Crippen LogP contribution in [-0.2, 0) is 0 Å². The molecule has 0 saturated carbocycles. The molecule has 0 amide bonds. The van der Waals surface area contributed by atoms with Crippen molar-refractivity contribution in [2.24, 2.45) is 11.7 Å². The molecule has 0 heterocycles. The molecule has 0 spiro atoms. The molecule has 13 heavy (non-hydrogen) atoms. The fraction of sp³-hybridized carbons (Fsp3) is 1.00. The molecule has 0 aliphatic rings. The predicted molar refractivity (Wildman–Crippen MR) is 56.6 cm³/mol. The third-order valence-electron chi connectivity index (χ3n) is 2.33. The molecule has 0 rings (SSSR count). The second kappa shape index (κ2) is 8.48. The summed E-state index contributed by atoms with van der Waals surface area (Å²) in [5, 5.41) is 11.8. The van der Waals surface area contributed by atoms with Crippen LogP contribution in [0.25, 0.3) is 0 Å². The fourth-order valence-electron chi connectivity index (χ4n) is 1.30. The van der Waals surface area contributed by atoms with E-state index in [-0.39, 0.29) is 6.61 Å². The maximum Gasteiger partial charge on any atom is 0.0443 e. The van der Waals surface area contributed by atoms with Crippen LogP contribution in [0.5, 0.6) is 0 Å². The van der Waals surface area contributed by atoms with E-state index in [0.717, 1.165) is 32.4 Å². The van der Waals surface area contributed by atoms with E-state index in [2.05, 4.69) is 19.2 Å². The molecule has 3 nitrogen and oxygen atoms in total. The van der Waals surface area contributed by atoms with Crippen molar-refractivity contribution in [1.29, 1.82) is 0 Å². The van der Waals surface area contributed by atoms with Crippen molar-refractivity contribution >= 4 is 0 Å². The summed E-state index contributed by atoms with van der Waals surface area (Å²) in [6, 6.07) is 0.312. The quantitative estimate of drug-likeness (QED) is 0.492. The Labute approximate surface area is 81.7 Å². The summed E-state index contributed by atoms with van der Waals surface area (Å²) in [6.07, 6.45) is 3.08. The van der Waals surface area contributed by atoms with Gasteiger partial charge in [0.2, 0.25) is 0 Å². The highest BCUT2D eigenvalue weighted by atomic mass is 16.3. The number of hydrogen-bond acceptors (Lipinski definition) is 3. The van der Waals surface area contributed by atoms with Gasteiger partial charge in [-0.1, -0.05) is 20.3 Å². The number of rotatable bonds is 8. The van der Waals surface area contributed by atoms with Crippen LogP contribution in [0.1, 0.15) is 33.1 Å². The standard InChI is InChI=1S/C10H24N2O/c1-3-5-10(11)9(2)8-12-6-4-7-13/h9-10,12-13H,3-8,11H2,1-2H3. The molecule has 4 N–H and O–H groups in total. The second-order valence-electron chi connectivity index (χ2n) is 3.71. The molecule has 80 valence electrons. The van der Waals surface area contributed by atoms with Crippen LogP contribution in [0.2, 0.25) is 0 Å². The minimum Gasteiger partial charge on any atom is -0.396 e. The van der Waals surface area contributed by atoms with Crippen LogP contribution in [0.3, 0.4) is 0 Å². The van der Waals surface area contributed by atoms with Gasteiger partial charge >= 0.3 is 0 Å². The third kappa shape index (κ3) is 6.99. The van der Waals surface area contributed by atoms with Crippen LogP contribution in [0.4, 0.5) is 0 Å². The maximum atomic E-state index is 8.56. The summed E-state index contributed by atoms with van der Waals surface area (Å²) in [5.74, 6) is 0.527. The van der Waals surface area contributed by atoms with Gasteiger partial charge in [0.1, 0.15) is 0 Å². The first-order valence-corrected chi connectivity index (χ1v) is 5.29. The Balaban J connectivity index is 3.32. The average Bonchev–Trinajstić information content (AvgIpc) is 2.12. The monoisotopic (exact) mass is 188 g/mol. The van der Waals surface area contributed by atoms with Crippen molar-refractivity contribution in [2.45, 2.75) is 39.2 Å². The smallest absolute Gasteiger partial charge is 0.0443 e.